The van der Waals surface area contributed by atoms with E-state index in [1.165, 1.54) is 10.9 Å². The van der Waals surface area contributed by atoms with E-state index in [2.05, 4.69) is 5.10 Å². The molecule has 0 aliphatic heterocycles. The maximum Gasteiger partial charge on any atom is 0.435 e. The summed E-state index contributed by atoms with van der Waals surface area (Å²) in [6.45, 7) is 0. The summed E-state index contributed by atoms with van der Waals surface area (Å²) in [5, 5.41) is 13.2. The number of hydrogen-bond acceptors (Lipinski definition) is 2. The lowest BCUT2D eigenvalue weighted by Gasteiger charge is -2.27. The second-order valence-corrected chi connectivity index (χ2v) is 4.10. The quantitative estimate of drug-likeness (QED) is 0.810. The lowest BCUT2D eigenvalue weighted by atomic mass is 9.93. The van der Waals surface area contributed by atoms with Crippen LogP contribution in [0.1, 0.15) is 37.4 Å². The van der Waals surface area contributed by atoms with E-state index in [0.29, 0.717) is 12.8 Å². The number of halogens is 3. The van der Waals surface area contributed by atoms with Crippen LogP contribution in [-0.2, 0) is 6.18 Å². The van der Waals surface area contributed by atoms with E-state index in [1.807, 2.05) is 0 Å². The maximum atomic E-state index is 12.3. The van der Waals surface area contributed by atoms with Gasteiger partial charge in [0.25, 0.3) is 0 Å². The van der Waals surface area contributed by atoms with Gasteiger partial charge in [0.05, 0.1) is 12.1 Å². The number of aliphatic hydroxyl groups is 1. The molecule has 2 unspecified atom stereocenters. The van der Waals surface area contributed by atoms with E-state index in [1.54, 1.807) is 0 Å². The van der Waals surface area contributed by atoms with Gasteiger partial charge in [-0.25, -0.2) is 0 Å². The van der Waals surface area contributed by atoms with Crippen LogP contribution in [0.3, 0.4) is 0 Å². The Morgan fingerprint density at radius 2 is 2.00 bits per heavy atom. The second kappa shape index (κ2) is 4.08. The number of hydrogen-bond donors (Lipinski definition) is 1. The largest absolute Gasteiger partial charge is 0.435 e. The molecule has 90 valence electrons. The van der Waals surface area contributed by atoms with Crippen molar-refractivity contribution in [3.63, 3.8) is 0 Å². The van der Waals surface area contributed by atoms with Gasteiger partial charge in [0.2, 0.25) is 0 Å². The molecule has 0 aromatic carbocycles. The van der Waals surface area contributed by atoms with Crippen LogP contribution >= 0.6 is 0 Å². The zero-order valence-corrected chi connectivity index (χ0v) is 8.61. The fourth-order valence-corrected chi connectivity index (χ4v) is 2.07. The second-order valence-electron chi connectivity index (χ2n) is 4.10. The number of nitrogens with zero attached hydrogens (tertiary/aromatic N) is 2. The Hall–Kier alpha value is -1.04. The molecule has 1 aromatic rings. The normalized spacial score (nSPS) is 27.0. The van der Waals surface area contributed by atoms with Gasteiger partial charge in [-0.15, -0.1) is 0 Å². The number of rotatable bonds is 1. The smallest absolute Gasteiger partial charge is 0.391 e. The molecule has 0 spiro atoms. The zero-order chi connectivity index (χ0) is 11.8. The average Bonchev–Trinajstić information content (AvgIpc) is 2.66. The first-order valence-electron chi connectivity index (χ1n) is 5.29. The Morgan fingerprint density at radius 1 is 1.31 bits per heavy atom. The first kappa shape index (κ1) is 11.4. The minimum atomic E-state index is -4.41. The average molecular weight is 234 g/mol. The molecule has 1 aliphatic rings. The van der Waals surface area contributed by atoms with Gasteiger partial charge in [0, 0.05) is 6.20 Å². The van der Waals surface area contributed by atoms with Crippen molar-refractivity contribution in [2.45, 2.75) is 44.0 Å². The highest BCUT2D eigenvalue weighted by Gasteiger charge is 2.35. The van der Waals surface area contributed by atoms with Gasteiger partial charge in [-0.1, -0.05) is 12.8 Å². The molecule has 16 heavy (non-hydrogen) atoms. The van der Waals surface area contributed by atoms with Crippen LogP contribution in [0.4, 0.5) is 13.2 Å². The molecular formula is C10H13F3N2O. The summed E-state index contributed by atoms with van der Waals surface area (Å²) >= 11 is 0. The molecular weight excluding hydrogens is 221 g/mol. The topological polar surface area (TPSA) is 38.0 Å². The summed E-state index contributed by atoms with van der Waals surface area (Å²) in [6.07, 6.45) is -0.554. The van der Waals surface area contributed by atoms with Crippen LogP contribution < -0.4 is 0 Å². The summed E-state index contributed by atoms with van der Waals surface area (Å²) in [5.41, 5.74) is -0.898. The third-order valence-electron chi connectivity index (χ3n) is 2.93. The fourth-order valence-electron chi connectivity index (χ4n) is 2.07. The molecule has 1 saturated carbocycles. The Bertz CT molecular complexity index is 361. The Balaban J connectivity index is 2.18. The van der Waals surface area contributed by atoms with Crippen molar-refractivity contribution in [3.05, 3.63) is 18.0 Å². The molecule has 0 saturated heterocycles. The molecule has 2 rings (SSSR count). The predicted molar refractivity (Wildman–Crippen MR) is 50.7 cm³/mol. The minimum absolute atomic E-state index is 0.315. The van der Waals surface area contributed by atoms with Crippen LogP contribution in [-0.4, -0.2) is 21.0 Å². The summed E-state index contributed by atoms with van der Waals surface area (Å²) in [5.74, 6) is 0. The van der Waals surface area contributed by atoms with Crippen LogP contribution in [0, 0.1) is 0 Å². The standard InChI is InChI=1S/C10H13F3N2O/c11-10(12,13)9-5-6-15(14-9)7-3-1-2-4-8(7)16/h5-8,16H,1-4H2. The first-order valence-corrected chi connectivity index (χ1v) is 5.29. The van der Waals surface area contributed by atoms with Crippen molar-refractivity contribution in [2.75, 3.05) is 0 Å². The van der Waals surface area contributed by atoms with E-state index >= 15 is 0 Å². The van der Waals surface area contributed by atoms with Gasteiger partial charge in [0.1, 0.15) is 0 Å². The third kappa shape index (κ3) is 2.21. The predicted octanol–water partition coefficient (Wildman–Crippen LogP) is 2.38. The number of aromatic nitrogens is 2. The van der Waals surface area contributed by atoms with Crippen LogP contribution in [0.5, 0.6) is 0 Å². The summed E-state index contributed by atoms with van der Waals surface area (Å²) in [6, 6.07) is 0.631. The van der Waals surface area contributed by atoms with E-state index < -0.39 is 18.0 Å². The molecule has 1 heterocycles. The Labute approximate surface area is 90.9 Å². The van der Waals surface area contributed by atoms with Crippen molar-refractivity contribution in [1.29, 1.82) is 0 Å². The van der Waals surface area contributed by atoms with Crippen molar-refractivity contribution in [2.24, 2.45) is 0 Å². The van der Waals surface area contributed by atoms with Gasteiger partial charge >= 0.3 is 6.18 Å². The van der Waals surface area contributed by atoms with Gasteiger partial charge in [-0.2, -0.15) is 18.3 Å². The molecule has 0 amide bonds. The molecule has 2 atom stereocenters. The van der Waals surface area contributed by atoms with Crippen LogP contribution in [0.15, 0.2) is 12.3 Å². The molecule has 6 heteroatoms. The molecule has 1 N–H and O–H groups in total. The summed E-state index contributed by atoms with van der Waals surface area (Å²) in [7, 11) is 0. The van der Waals surface area contributed by atoms with E-state index in [-0.39, 0.29) is 6.04 Å². The van der Waals surface area contributed by atoms with E-state index in [9.17, 15) is 18.3 Å². The summed E-state index contributed by atoms with van der Waals surface area (Å²) < 4.78 is 38.2. The third-order valence-corrected chi connectivity index (χ3v) is 2.93. The number of aliphatic hydroxyl groups excluding tert-OH is 1. The monoisotopic (exact) mass is 234 g/mol. The van der Waals surface area contributed by atoms with Crippen molar-refractivity contribution < 1.29 is 18.3 Å². The Kier molecular flexibility index (Phi) is 2.92. The van der Waals surface area contributed by atoms with Crippen molar-refractivity contribution in [1.82, 2.24) is 9.78 Å². The zero-order valence-electron chi connectivity index (χ0n) is 8.61. The van der Waals surface area contributed by atoms with E-state index in [4.69, 9.17) is 0 Å². The SMILES string of the molecule is OC1CCCCC1n1ccc(C(F)(F)F)n1. The van der Waals surface area contributed by atoms with Crippen LogP contribution in [0.2, 0.25) is 0 Å². The number of alkyl halides is 3. The molecule has 1 fully saturated rings. The molecule has 3 nitrogen and oxygen atoms in total. The van der Waals surface area contributed by atoms with Crippen molar-refractivity contribution >= 4 is 0 Å². The van der Waals surface area contributed by atoms with Gasteiger partial charge in [-0.05, 0) is 18.9 Å². The molecule has 0 bridgehead atoms. The molecule has 0 radical (unpaired) electrons. The maximum absolute atomic E-state index is 12.3. The van der Waals surface area contributed by atoms with Crippen molar-refractivity contribution in [3.8, 4) is 0 Å². The highest BCUT2D eigenvalue weighted by Crippen LogP contribution is 2.31. The minimum Gasteiger partial charge on any atom is -0.391 e. The highest BCUT2D eigenvalue weighted by atomic mass is 19.4. The van der Waals surface area contributed by atoms with Gasteiger partial charge < -0.3 is 5.11 Å². The first-order chi connectivity index (χ1) is 7.48. The van der Waals surface area contributed by atoms with Crippen LogP contribution in [0.25, 0.3) is 0 Å². The lowest BCUT2D eigenvalue weighted by molar-refractivity contribution is -0.141. The van der Waals surface area contributed by atoms with E-state index in [0.717, 1.165) is 18.9 Å². The molecule has 1 aromatic heterocycles. The lowest BCUT2D eigenvalue weighted by Crippen LogP contribution is -2.28. The molecule has 1 aliphatic carbocycles. The fraction of sp³-hybridized carbons (Fsp3) is 0.700. The summed E-state index contributed by atoms with van der Waals surface area (Å²) in [4.78, 5) is 0. The van der Waals surface area contributed by atoms with Gasteiger partial charge in [-0.3, -0.25) is 4.68 Å². The highest BCUT2D eigenvalue weighted by molar-refractivity contribution is 5.04. The van der Waals surface area contributed by atoms with Gasteiger partial charge in [0.15, 0.2) is 5.69 Å². The Morgan fingerprint density at radius 3 is 2.56 bits per heavy atom.